The molecule has 1 aromatic heterocycles. The number of ether oxygens (including phenoxy) is 1. The maximum Gasteiger partial charge on any atom is 0.312 e. The summed E-state index contributed by atoms with van der Waals surface area (Å²) in [5.41, 5.74) is 1.04. The van der Waals surface area contributed by atoms with Gasteiger partial charge in [-0.05, 0) is 19.9 Å². The van der Waals surface area contributed by atoms with Crippen molar-refractivity contribution >= 4 is 21.6 Å². The molecule has 0 fully saturated rings. The van der Waals surface area contributed by atoms with E-state index in [1.54, 1.807) is 13.0 Å². The molecule has 8 nitrogen and oxygen atoms in total. The second kappa shape index (κ2) is 6.19. The van der Waals surface area contributed by atoms with Gasteiger partial charge in [-0.1, -0.05) is 26.2 Å². The fourth-order valence-electron chi connectivity index (χ4n) is 1.72. The van der Waals surface area contributed by atoms with Crippen molar-refractivity contribution < 1.29 is 19.4 Å². The van der Waals surface area contributed by atoms with Crippen molar-refractivity contribution in [2.75, 3.05) is 0 Å². The van der Waals surface area contributed by atoms with E-state index in [0.29, 0.717) is 21.4 Å². The highest BCUT2D eigenvalue weighted by Gasteiger charge is 2.24. The van der Waals surface area contributed by atoms with Gasteiger partial charge in [-0.25, -0.2) is 4.63 Å². The first-order valence-corrected chi connectivity index (χ1v) is 6.76. The van der Waals surface area contributed by atoms with E-state index in [1.807, 2.05) is 0 Å². The van der Waals surface area contributed by atoms with E-state index in [4.69, 9.17) is 4.74 Å². The topological polar surface area (TPSA) is 112 Å². The van der Waals surface area contributed by atoms with Crippen LogP contribution in [0.2, 0.25) is 0 Å². The van der Waals surface area contributed by atoms with Gasteiger partial charge in [0.1, 0.15) is 18.0 Å². The minimum absolute atomic E-state index is 0.000556. The third-order valence-electron chi connectivity index (χ3n) is 2.81. The first kappa shape index (κ1) is 15.4. The van der Waals surface area contributed by atoms with Crippen molar-refractivity contribution in [2.24, 2.45) is 0 Å². The summed E-state index contributed by atoms with van der Waals surface area (Å²) in [6.45, 7) is 3.14. The summed E-state index contributed by atoms with van der Waals surface area (Å²) in [6, 6.07) is 2.88. The third-order valence-corrected chi connectivity index (χ3v) is 3.27. The SMILES string of the molecule is Cc1nonc1COc1c(C(C)O)cc(Br)cc1[N+](=O)[O-]. The number of aryl methyl sites for hydroxylation is 1. The van der Waals surface area contributed by atoms with E-state index < -0.39 is 11.0 Å². The number of aliphatic hydroxyl groups excluding tert-OH is 1. The number of hydrogen-bond donors (Lipinski definition) is 1. The molecule has 0 spiro atoms. The minimum Gasteiger partial charge on any atom is -0.480 e. The molecule has 0 bridgehead atoms. The van der Waals surface area contributed by atoms with E-state index >= 15 is 0 Å². The van der Waals surface area contributed by atoms with Gasteiger partial charge in [-0.15, -0.1) is 0 Å². The van der Waals surface area contributed by atoms with Crippen molar-refractivity contribution in [1.29, 1.82) is 0 Å². The number of nitro benzene ring substituents is 1. The van der Waals surface area contributed by atoms with Gasteiger partial charge in [0.15, 0.2) is 0 Å². The highest BCUT2D eigenvalue weighted by atomic mass is 79.9. The summed E-state index contributed by atoms with van der Waals surface area (Å²) >= 11 is 3.18. The van der Waals surface area contributed by atoms with Crippen LogP contribution in [0, 0.1) is 17.0 Å². The molecule has 0 aliphatic rings. The van der Waals surface area contributed by atoms with Crippen molar-refractivity contribution in [2.45, 2.75) is 26.6 Å². The van der Waals surface area contributed by atoms with Crippen LogP contribution in [-0.2, 0) is 6.61 Å². The van der Waals surface area contributed by atoms with Crippen molar-refractivity contribution in [1.82, 2.24) is 10.3 Å². The normalized spacial score (nSPS) is 12.2. The quantitative estimate of drug-likeness (QED) is 0.646. The zero-order valence-corrected chi connectivity index (χ0v) is 12.8. The number of aliphatic hydroxyl groups is 1. The minimum atomic E-state index is -0.923. The Morgan fingerprint density at radius 1 is 1.52 bits per heavy atom. The number of hydrogen-bond acceptors (Lipinski definition) is 7. The van der Waals surface area contributed by atoms with Gasteiger partial charge in [0.2, 0.25) is 5.75 Å². The molecule has 112 valence electrons. The molecule has 1 aromatic carbocycles. The first-order valence-electron chi connectivity index (χ1n) is 5.97. The summed E-state index contributed by atoms with van der Waals surface area (Å²) in [5, 5.41) is 28.2. The number of nitrogens with zero attached hydrogens (tertiary/aromatic N) is 3. The predicted octanol–water partition coefficient (Wildman–Crippen LogP) is 2.68. The van der Waals surface area contributed by atoms with Gasteiger partial charge in [-0.3, -0.25) is 10.1 Å². The van der Waals surface area contributed by atoms with Crippen LogP contribution in [0.1, 0.15) is 30.0 Å². The second-order valence-electron chi connectivity index (χ2n) is 4.36. The molecule has 1 unspecified atom stereocenters. The molecular formula is C12H12BrN3O5. The summed E-state index contributed by atoms with van der Waals surface area (Å²) in [5.74, 6) is 0.000556. The van der Waals surface area contributed by atoms with E-state index in [1.165, 1.54) is 13.0 Å². The summed E-state index contributed by atoms with van der Waals surface area (Å²) in [7, 11) is 0. The molecule has 2 aromatic rings. The van der Waals surface area contributed by atoms with Gasteiger partial charge in [-0.2, -0.15) is 0 Å². The zero-order valence-electron chi connectivity index (χ0n) is 11.2. The van der Waals surface area contributed by atoms with E-state index in [9.17, 15) is 15.2 Å². The van der Waals surface area contributed by atoms with Crippen molar-refractivity contribution in [3.8, 4) is 5.75 Å². The standard InChI is InChI=1S/C12H12BrN3O5/c1-6-10(15-21-14-6)5-20-12-9(7(2)17)3-8(13)4-11(12)16(18)19/h3-4,7,17H,5H2,1-2H3. The molecule has 0 amide bonds. The van der Waals surface area contributed by atoms with Crippen LogP contribution in [0.3, 0.4) is 0 Å². The molecule has 0 saturated heterocycles. The lowest BCUT2D eigenvalue weighted by Crippen LogP contribution is -2.05. The number of nitro groups is 1. The highest BCUT2D eigenvalue weighted by Crippen LogP contribution is 2.38. The monoisotopic (exact) mass is 357 g/mol. The van der Waals surface area contributed by atoms with Gasteiger partial charge in [0, 0.05) is 16.1 Å². The molecule has 21 heavy (non-hydrogen) atoms. The van der Waals surface area contributed by atoms with Crippen LogP contribution in [0.5, 0.6) is 5.75 Å². The fourth-order valence-corrected chi connectivity index (χ4v) is 2.19. The average molecular weight is 358 g/mol. The maximum absolute atomic E-state index is 11.2. The van der Waals surface area contributed by atoms with E-state index in [2.05, 4.69) is 30.9 Å². The predicted molar refractivity (Wildman–Crippen MR) is 74.8 cm³/mol. The largest absolute Gasteiger partial charge is 0.480 e. The number of halogens is 1. The smallest absolute Gasteiger partial charge is 0.312 e. The highest BCUT2D eigenvalue weighted by molar-refractivity contribution is 9.10. The third kappa shape index (κ3) is 3.37. The lowest BCUT2D eigenvalue weighted by Gasteiger charge is -2.13. The first-order chi connectivity index (χ1) is 9.90. The van der Waals surface area contributed by atoms with Gasteiger partial charge >= 0.3 is 5.69 Å². The lowest BCUT2D eigenvalue weighted by molar-refractivity contribution is -0.386. The van der Waals surface area contributed by atoms with Crippen LogP contribution in [0.4, 0.5) is 5.69 Å². The molecular weight excluding hydrogens is 346 g/mol. The van der Waals surface area contributed by atoms with Crippen LogP contribution >= 0.6 is 15.9 Å². The van der Waals surface area contributed by atoms with Gasteiger partial charge in [0.25, 0.3) is 0 Å². The Bertz CT molecular complexity index is 671. The Balaban J connectivity index is 2.40. The molecule has 0 saturated carbocycles. The van der Waals surface area contributed by atoms with Crippen LogP contribution in [-0.4, -0.2) is 20.3 Å². The zero-order chi connectivity index (χ0) is 15.6. The Hall–Kier alpha value is -2.00. The Morgan fingerprint density at radius 3 is 2.76 bits per heavy atom. The van der Waals surface area contributed by atoms with Crippen molar-refractivity contribution in [3.63, 3.8) is 0 Å². The van der Waals surface area contributed by atoms with Crippen LogP contribution in [0.25, 0.3) is 0 Å². The van der Waals surface area contributed by atoms with E-state index in [-0.39, 0.29) is 18.0 Å². The summed E-state index contributed by atoms with van der Waals surface area (Å²) in [6.07, 6.45) is -0.923. The molecule has 0 aliphatic heterocycles. The number of rotatable bonds is 5. The van der Waals surface area contributed by atoms with Crippen molar-refractivity contribution in [3.05, 3.63) is 43.7 Å². The number of benzene rings is 1. The molecule has 1 N–H and O–H groups in total. The van der Waals surface area contributed by atoms with Crippen LogP contribution < -0.4 is 4.74 Å². The molecule has 0 radical (unpaired) electrons. The molecule has 1 heterocycles. The van der Waals surface area contributed by atoms with E-state index in [0.717, 1.165) is 0 Å². The number of aromatic nitrogens is 2. The van der Waals surface area contributed by atoms with Gasteiger partial charge in [0.05, 0.1) is 11.0 Å². The molecule has 9 heteroatoms. The molecule has 2 rings (SSSR count). The lowest BCUT2D eigenvalue weighted by atomic mass is 10.1. The van der Waals surface area contributed by atoms with Gasteiger partial charge < -0.3 is 9.84 Å². The Morgan fingerprint density at radius 2 is 2.24 bits per heavy atom. The summed E-state index contributed by atoms with van der Waals surface area (Å²) < 4.78 is 10.5. The van der Waals surface area contributed by atoms with Crippen LogP contribution in [0.15, 0.2) is 21.2 Å². The summed E-state index contributed by atoms with van der Waals surface area (Å²) in [4.78, 5) is 10.6. The maximum atomic E-state index is 11.2. The second-order valence-corrected chi connectivity index (χ2v) is 5.28. The molecule has 1 atom stereocenters. The Kier molecular flexibility index (Phi) is 4.53. The molecule has 0 aliphatic carbocycles. The Labute approximate surface area is 128 Å². The average Bonchev–Trinajstić information content (AvgIpc) is 2.81. The fraction of sp³-hybridized carbons (Fsp3) is 0.333.